The fraction of sp³-hybridized carbons (Fsp3) is 0.263. The Bertz CT molecular complexity index is 885. The van der Waals surface area contributed by atoms with Gasteiger partial charge < -0.3 is 10.6 Å². The van der Waals surface area contributed by atoms with Gasteiger partial charge in [-0.2, -0.15) is 5.10 Å². The number of hydrogen-bond donors (Lipinski definition) is 2. The number of hydrazone groups is 1. The number of halogens is 3. The van der Waals surface area contributed by atoms with Gasteiger partial charge in [0.25, 0.3) is 0 Å². The lowest BCUT2D eigenvalue weighted by Crippen LogP contribution is -2.46. The molecule has 148 valence electrons. The monoisotopic (exact) mass is 423 g/mol. The summed E-state index contributed by atoms with van der Waals surface area (Å²) in [6, 6.07) is 10.1. The molecule has 0 aliphatic carbocycles. The summed E-state index contributed by atoms with van der Waals surface area (Å²) in [5, 5.41) is 4.32. The van der Waals surface area contributed by atoms with Gasteiger partial charge in [-0.25, -0.2) is 8.78 Å². The molecule has 0 bridgehead atoms. The van der Waals surface area contributed by atoms with Crippen molar-refractivity contribution < 1.29 is 8.78 Å². The molecule has 3 N–H and O–H groups in total. The summed E-state index contributed by atoms with van der Waals surface area (Å²) in [5.41, 5.74) is 8.95. The number of nitrogens with two attached hydrogens (primary N) is 1. The average Bonchev–Trinajstić information content (AvgIpc) is 2.65. The number of nitrogens with one attached hydrogen (secondary N) is 1. The molecule has 0 unspecified atom stereocenters. The van der Waals surface area contributed by atoms with Crippen molar-refractivity contribution in [2.75, 3.05) is 31.1 Å². The van der Waals surface area contributed by atoms with Crippen molar-refractivity contribution in [2.24, 2.45) is 10.8 Å². The maximum atomic E-state index is 14.5. The summed E-state index contributed by atoms with van der Waals surface area (Å²) in [4.78, 5) is 4.11. The maximum Gasteiger partial charge on any atom is 0.184 e. The molecule has 1 fully saturated rings. The van der Waals surface area contributed by atoms with Gasteiger partial charge in [0.05, 0.1) is 11.9 Å². The molecule has 1 heterocycles. The second-order valence-electron chi connectivity index (χ2n) is 6.45. The van der Waals surface area contributed by atoms with Crippen LogP contribution in [-0.2, 0) is 6.54 Å². The van der Waals surface area contributed by atoms with Gasteiger partial charge in [-0.15, -0.1) is 0 Å². The van der Waals surface area contributed by atoms with E-state index in [4.69, 9.17) is 17.3 Å². The minimum atomic E-state index is -0.564. The second kappa shape index (κ2) is 9.27. The van der Waals surface area contributed by atoms with Crippen molar-refractivity contribution in [3.63, 3.8) is 0 Å². The number of thiocarbonyl (C=S) groups is 1. The van der Waals surface area contributed by atoms with E-state index >= 15 is 0 Å². The minimum absolute atomic E-state index is 0.0181. The number of piperazine rings is 1. The first-order valence-electron chi connectivity index (χ1n) is 8.71. The first-order chi connectivity index (χ1) is 13.4. The standard InChI is InChI=1S/C19H20ClF2N5S/c20-15-3-1-2-13(8-15)12-26-4-6-27(7-5-26)18-10-16(21)14(9-17(18)22)11-24-25-19(23)28/h1-3,8-11H,4-7,12H2,(H3,23,25,28). The van der Waals surface area contributed by atoms with E-state index in [1.54, 1.807) is 0 Å². The van der Waals surface area contributed by atoms with E-state index in [9.17, 15) is 8.78 Å². The highest BCUT2D eigenvalue weighted by molar-refractivity contribution is 7.80. The van der Waals surface area contributed by atoms with Crippen molar-refractivity contribution in [3.8, 4) is 0 Å². The Morgan fingerprint density at radius 1 is 1.18 bits per heavy atom. The second-order valence-corrected chi connectivity index (χ2v) is 7.33. The number of anilines is 1. The van der Waals surface area contributed by atoms with Crippen molar-refractivity contribution in [3.05, 3.63) is 64.2 Å². The van der Waals surface area contributed by atoms with Crippen molar-refractivity contribution >= 4 is 40.8 Å². The van der Waals surface area contributed by atoms with E-state index in [2.05, 4.69) is 27.6 Å². The zero-order valence-corrected chi connectivity index (χ0v) is 16.6. The Labute approximate surface area is 172 Å². The molecule has 1 aliphatic rings. The number of nitrogens with zero attached hydrogens (tertiary/aromatic N) is 3. The van der Waals surface area contributed by atoms with Gasteiger partial charge in [-0.05, 0) is 36.0 Å². The summed E-state index contributed by atoms with van der Waals surface area (Å²) in [5.74, 6) is -1.06. The van der Waals surface area contributed by atoms with Gasteiger partial charge in [-0.3, -0.25) is 10.3 Å². The largest absolute Gasteiger partial charge is 0.375 e. The van der Waals surface area contributed by atoms with E-state index in [1.807, 2.05) is 29.2 Å². The summed E-state index contributed by atoms with van der Waals surface area (Å²) in [6.07, 6.45) is 1.14. The lowest BCUT2D eigenvalue weighted by Gasteiger charge is -2.36. The molecule has 3 rings (SSSR count). The first-order valence-corrected chi connectivity index (χ1v) is 9.50. The van der Waals surface area contributed by atoms with Gasteiger partial charge in [0.2, 0.25) is 0 Å². The van der Waals surface area contributed by atoms with Gasteiger partial charge >= 0.3 is 0 Å². The van der Waals surface area contributed by atoms with Crippen molar-refractivity contribution in [1.29, 1.82) is 0 Å². The molecule has 28 heavy (non-hydrogen) atoms. The highest BCUT2D eigenvalue weighted by Crippen LogP contribution is 2.24. The zero-order chi connectivity index (χ0) is 20.1. The third-order valence-corrected chi connectivity index (χ3v) is 4.78. The molecule has 0 amide bonds. The molecule has 9 heteroatoms. The Balaban J connectivity index is 1.63. The van der Waals surface area contributed by atoms with Crippen LogP contribution >= 0.6 is 23.8 Å². The molecule has 0 aromatic heterocycles. The van der Waals surface area contributed by atoms with Gasteiger partial charge in [0.1, 0.15) is 11.6 Å². The lowest BCUT2D eigenvalue weighted by molar-refractivity contribution is 0.249. The topological polar surface area (TPSA) is 56.9 Å². The number of benzene rings is 2. The van der Waals surface area contributed by atoms with E-state index in [0.717, 1.165) is 37.5 Å². The van der Waals surface area contributed by atoms with Crippen molar-refractivity contribution in [1.82, 2.24) is 10.3 Å². The summed E-state index contributed by atoms with van der Waals surface area (Å²) >= 11 is 10.6. The zero-order valence-electron chi connectivity index (χ0n) is 15.0. The third-order valence-electron chi connectivity index (χ3n) is 4.45. The predicted molar refractivity (Wildman–Crippen MR) is 113 cm³/mol. The highest BCUT2D eigenvalue weighted by atomic mass is 35.5. The van der Waals surface area contributed by atoms with Crippen molar-refractivity contribution in [2.45, 2.75) is 6.54 Å². The molecule has 1 saturated heterocycles. The fourth-order valence-electron chi connectivity index (χ4n) is 3.10. The molecule has 2 aromatic carbocycles. The minimum Gasteiger partial charge on any atom is -0.375 e. The first kappa shape index (κ1) is 20.4. The SMILES string of the molecule is NC(=S)NN=Cc1cc(F)c(N2CCN(Cc3cccc(Cl)c3)CC2)cc1F. The quantitative estimate of drug-likeness (QED) is 0.439. The third kappa shape index (κ3) is 5.37. The molecule has 0 spiro atoms. The Morgan fingerprint density at radius 2 is 1.93 bits per heavy atom. The summed E-state index contributed by atoms with van der Waals surface area (Å²) < 4.78 is 28.8. The van der Waals surface area contributed by atoms with E-state index in [0.29, 0.717) is 18.1 Å². The van der Waals surface area contributed by atoms with E-state index in [1.165, 1.54) is 6.07 Å². The average molecular weight is 424 g/mol. The molecule has 2 aromatic rings. The van der Waals surface area contributed by atoms with E-state index < -0.39 is 11.6 Å². The number of hydrogen-bond acceptors (Lipinski definition) is 4. The smallest absolute Gasteiger partial charge is 0.184 e. The van der Waals surface area contributed by atoms with Crippen LogP contribution in [0.25, 0.3) is 0 Å². The van der Waals surface area contributed by atoms with Gasteiger partial charge in [0, 0.05) is 49.4 Å². The van der Waals surface area contributed by atoms with Gasteiger partial charge in [0.15, 0.2) is 5.11 Å². The molecule has 0 radical (unpaired) electrons. The lowest BCUT2D eigenvalue weighted by atomic mass is 10.1. The molecule has 5 nitrogen and oxygen atoms in total. The fourth-order valence-corrected chi connectivity index (χ4v) is 3.36. The molecular formula is C19H20ClF2N5S. The van der Waals surface area contributed by atoms with Crippen LogP contribution in [0.1, 0.15) is 11.1 Å². The van der Waals surface area contributed by atoms with Crippen LogP contribution < -0.4 is 16.1 Å². The predicted octanol–water partition coefficient (Wildman–Crippen LogP) is 3.11. The van der Waals surface area contributed by atoms with Gasteiger partial charge in [-0.1, -0.05) is 23.7 Å². The van der Waals surface area contributed by atoms with Crippen LogP contribution in [0.2, 0.25) is 5.02 Å². The molecule has 0 atom stereocenters. The maximum absolute atomic E-state index is 14.5. The Morgan fingerprint density at radius 3 is 2.61 bits per heavy atom. The van der Waals surface area contributed by atoms with Crippen LogP contribution in [0, 0.1) is 11.6 Å². The Kier molecular flexibility index (Phi) is 6.77. The molecule has 1 aliphatic heterocycles. The Hall–Kier alpha value is -2.29. The molecular weight excluding hydrogens is 404 g/mol. The van der Waals surface area contributed by atoms with Crippen LogP contribution in [0.15, 0.2) is 41.5 Å². The van der Waals surface area contributed by atoms with Crippen LogP contribution in [0.5, 0.6) is 0 Å². The van der Waals surface area contributed by atoms with E-state index in [-0.39, 0.29) is 16.4 Å². The number of rotatable bonds is 5. The molecule has 0 saturated carbocycles. The normalized spacial score (nSPS) is 15.2. The van der Waals surface area contributed by atoms with Crippen LogP contribution in [0.4, 0.5) is 14.5 Å². The van der Waals surface area contributed by atoms with Crippen LogP contribution in [0.3, 0.4) is 0 Å². The van der Waals surface area contributed by atoms with Crippen LogP contribution in [-0.4, -0.2) is 42.4 Å². The highest BCUT2D eigenvalue weighted by Gasteiger charge is 2.21. The summed E-state index contributed by atoms with van der Waals surface area (Å²) in [6.45, 7) is 3.47. The summed E-state index contributed by atoms with van der Waals surface area (Å²) in [7, 11) is 0.